The molecule has 1 fully saturated rings. The minimum Gasteiger partial charge on any atom is -0.352 e. The van der Waals surface area contributed by atoms with Crippen LogP contribution in [0.4, 0.5) is 0 Å². The number of nitrogens with two attached hydrogens (primary N) is 1. The van der Waals surface area contributed by atoms with Crippen LogP contribution in [0.25, 0.3) is 0 Å². The van der Waals surface area contributed by atoms with Crippen molar-refractivity contribution >= 4 is 5.91 Å². The molecule has 3 N–H and O–H groups in total. The van der Waals surface area contributed by atoms with Crippen molar-refractivity contribution in [2.75, 3.05) is 6.54 Å². The SMILES string of the molecule is NC[C@H]1CCC[C@H]1C(=O)NCc1cnn(Cc2ccccc2)c1. The van der Waals surface area contributed by atoms with Crippen molar-refractivity contribution in [3.8, 4) is 0 Å². The van der Waals surface area contributed by atoms with Crippen LogP contribution in [-0.2, 0) is 17.9 Å². The van der Waals surface area contributed by atoms with E-state index in [9.17, 15) is 4.79 Å². The zero-order chi connectivity index (χ0) is 16.1. The van der Waals surface area contributed by atoms with Gasteiger partial charge in [0, 0.05) is 24.2 Å². The predicted octanol–water partition coefficient (Wildman–Crippen LogP) is 1.92. The zero-order valence-corrected chi connectivity index (χ0v) is 13.3. The van der Waals surface area contributed by atoms with Gasteiger partial charge in [0.05, 0.1) is 12.7 Å². The summed E-state index contributed by atoms with van der Waals surface area (Å²) in [4.78, 5) is 12.3. The molecule has 1 saturated carbocycles. The average molecular weight is 312 g/mol. The summed E-state index contributed by atoms with van der Waals surface area (Å²) in [5.41, 5.74) is 7.99. The minimum atomic E-state index is 0.0827. The van der Waals surface area contributed by atoms with Crippen molar-refractivity contribution < 1.29 is 4.79 Å². The molecule has 0 unspecified atom stereocenters. The number of carbonyl (C=O) groups excluding carboxylic acids is 1. The number of nitrogens with zero attached hydrogens (tertiary/aromatic N) is 2. The van der Waals surface area contributed by atoms with Crippen molar-refractivity contribution in [3.63, 3.8) is 0 Å². The van der Waals surface area contributed by atoms with Gasteiger partial charge in [-0.2, -0.15) is 5.10 Å². The third-order valence-corrected chi connectivity index (χ3v) is 4.64. The van der Waals surface area contributed by atoms with Crippen molar-refractivity contribution in [2.45, 2.75) is 32.4 Å². The molecule has 0 spiro atoms. The summed E-state index contributed by atoms with van der Waals surface area (Å²) in [7, 11) is 0. The second-order valence-corrected chi connectivity index (χ2v) is 6.28. The molecule has 122 valence electrons. The molecule has 5 nitrogen and oxygen atoms in total. The molecule has 0 radical (unpaired) electrons. The largest absolute Gasteiger partial charge is 0.352 e. The van der Waals surface area contributed by atoms with Crippen LogP contribution in [0.1, 0.15) is 30.4 Å². The number of carbonyl (C=O) groups is 1. The molecule has 1 aromatic carbocycles. The molecule has 1 aromatic heterocycles. The van der Waals surface area contributed by atoms with Crippen LogP contribution in [0.3, 0.4) is 0 Å². The van der Waals surface area contributed by atoms with E-state index in [-0.39, 0.29) is 11.8 Å². The van der Waals surface area contributed by atoms with E-state index < -0.39 is 0 Å². The molecule has 1 aliphatic carbocycles. The fourth-order valence-corrected chi connectivity index (χ4v) is 3.34. The summed E-state index contributed by atoms with van der Waals surface area (Å²) in [5.74, 6) is 0.559. The predicted molar refractivity (Wildman–Crippen MR) is 89.5 cm³/mol. The third kappa shape index (κ3) is 3.99. The second kappa shape index (κ2) is 7.42. The highest BCUT2D eigenvalue weighted by Crippen LogP contribution is 2.30. The van der Waals surface area contributed by atoms with Gasteiger partial charge >= 0.3 is 0 Å². The highest BCUT2D eigenvalue weighted by molar-refractivity contribution is 5.79. The molecule has 1 amide bonds. The molecular formula is C18H24N4O. The van der Waals surface area contributed by atoms with Gasteiger partial charge in [0.2, 0.25) is 5.91 Å². The van der Waals surface area contributed by atoms with Gasteiger partial charge in [0.25, 0.3) is 0 Å². The Hall–Kier alpha value is -2.14. The third-order valence-electron chi connectivity index (χ3n) is 4.64. The molecule has 1 heterocycles. The van der Waals surface area contributed by atoms with Gasteiger partial charge < -0.3 is 11.1 Å². The Bertz CT molecular complexity index is 637. The summed E-state index contributed by atoms with van der Waals surface area (Å²) >= 11 is 0. The molecule has 0 bridgehead atoms. The zero-order valence-electron chi connectivity index (χ0n) is 13.3. The van der Waals surface area contributed by atoms with Crippen LogP contribution in [0.2, 0.25) is 0 Å². The lowest BCUT2D eigenvalue weighted by atomic mass is 9.95. The van der Waals surface area contributed by atoms with Gasteiger partial charge in [-0.15, -0.1) is 0 Å². The Balaban J connectivity index is 1.52. The number of hydrogen-bond donors (Lipinski definition) is 2. The van der Waals surface area contributed by atoms with Gasteiger partial charge in [-0.3, -0.25) is 9.48 Å². The first-order valence-corrected chi connectivity index (χ1v) is 8.29. The molecular weight excluding hydrogens is 288 g/mol. The first kappa shape index (κ1) is 15.7. The molecule has 0 aliphatic heterocycles. The van der Waals surface area contributed by atoms with Crippen LogP contribution in [0, 0.1) is 11.8 Å². The van der Waals surface area contributed by atoms with Gasteiger partial charge in [-0.05, 0) is 30.9 Å². The fourth-order valence-electron chi connectivity index (χ4n) is 3.34. The van der Waals surface area contributed by atoms with E-state index in [1.54, 1.807) is 0 Å². The maximum Gasteiger partial charge on any atom is 0.223 e. The Labute approximate surface area is 136 Å². The molecule has 23 heavy (non-hydrogen) atoms. The van der Waals surface area contributed by atoms with Crippen LogP contribution in [-0.4, -0.2) is 22.2 Å². The highest BCUT2D eigenvalue weighted by Gasteiger charge is 2.31. The van der Waals surface area contributed by atoms with Crippen molar-refractivity contribution in [3.05, 3.63) is 53.9 Å². The first-order valence-electron chi connectivity index (χ1n) is 8.29. The van der Waals surface area contributed by atoms with Crippen molar-refractivity contribution in [1.29, 1.82) is 0 Å². The number of nitrogens with one attached hydrogen (secondary N) is 1. The Morgan fingerprint density at radius 1 is 1.26 bits per heavy atom. The van der Waals surface area contributed by atoms with Gasteiger partial charge in [0.15, 0.2) is 0 Å². The summed E-state index contributed by atoms with van der Waals surface area (Å²) in [6.45, 7) is 1.88. The highest BCUT2D eigenvalue weighted by atomic mass is 16.1. The molecule has 1 aliphatic rings. The van der Waals surface area contributed by atoms with E-state index in [1.807, 2.05) is 35.3 Å². The molecule has 0 saturated heterocycles. The maximum absolute atomic E-state index is 12.3. The summed E-state index contributed by atoms with van der Waals surface area (Å²) in [5, 5.41) is 7.40. The van der Waals surface area contributed by atoms with E-state index in [1.165, 1.54) is 5.56 Å². The standard InChI is InChI=1S/C18H24N4O/c19-9-16-7-4-8-17(16)18(23)20-10-15-11-21-22(13-15)12-14-5-2-1-3-6-14/h1-3,5-6,11,13,16-17H,4,7-10,12,19H2,(H,20,23)/t16-,17-/m1/s1. The van der Waals surface area contributed by atoms with E-state index in [2.05, 4.69) is 22.5 Å². The van der Waals surface area contributed by atoms with E-state index in [4.69, 9.17) is 5.73 Å². The summed E-state index contributed by atoms with van der Waals surface area (Å²) in [6, 6.07) is 10.2. The lowest BCUT2D eigenvalue weighted by molar-refractivity contribution is -0.126. The van der Waals surface area contributed by atoms with Gasteiger partial charge in [-0.25, -0.2) is 0 Å². The number of hydrogen-bond acceptors (Lipinski definition) is 3. The number of benzene rings is 1. The number of aromatic nitrogens is 2. The Morgan fingerprint density at radius 2 is 2.09 bits per heavy atom. The van der Waals surface area contributed by atoms with Crippen LogP contribution in [0.5, 0.6) is 0 Å². The quantitative estimate of drug-likeness (QED) is 0.856. The molecule has 3 rings (SSSR count). The normalized spacial score (nSPS) is 20.6. The number of rotatable bonds is 6. The molecule has 5 heteroatoms. The number of amides is 1. The summed E-state index contributed by atoms with van der Waals surface area (Å²) < 4.78 is 1.90. The van der Waals surface area contributed by atoms with E-state index in [0.717, 1.165) is 31.4 Å². The average Bonchev–Trinajstić information content (AvgIpc) is 3.22. The van der Waals surface area contributed by atoms with Gasteiger partial charge in [0.1, 0.15) is 0 Å². The Morgan fingerprint density at radius 3 is 2.87 bits per heavy atom. The van der Waals surface area contributed by atoms with Crippen LogP contribution < -0.4 is 11.1 Å². The maximum atomic E-state index is 12.3. The molecule has 2 aromatic rings. The second-order valence-electron chi connectivity index (χ2n) is 6.28. The lowest BCUT2D eigenvalue weighted by Gasteiger charge is -2.16. The first-order chi connectivity index (χ1) is 11.3. The monoisotopic (exact) mass is 312 g/mol. The lowest BCUT2D eigenvalue weighted by Crippen LogP contribution is -2.34. The van der Waals surface area contributed by atoms with Crippen LogP contribution >= 0.6 is 0 Å². The minimum absolute atomic E-state index is 0.0827. The molecule has 2 atom stereocenters. The van der Waals surface area contributed by atoms with Gasteiger partial charge in [-0.1, -0.05) is 36.8 Å². The van der Waals surface area contributed by atoms with Crippen LogP contribution in [0.15, 0.2) is 42.7 Å². The fraction of sp³-hybridized carbons (Fsp3) is 0.444. The Kier molecular flexibility index (Phi) is 5.08. The van der Waals surface area contributed by atoms with E-state index in [0.29, 0.717) is 19.0 Å². The van der Waals surface area contributed by atoms with Crippen molar-refractivity contribution in [2.24, 2.45) is 17.6 Å². The van der Waals surface area contributed by atoms with Crippen molar-refractivity contribution in [1.82, 2.24) is 15.1 Å². The topological polar surface area (TPSA) is 72.9 Å². The summed E-state index contributed by atoms with van der Waals surface area (Å²) in [6.07, 6.45) is 6.94. The van der Waals surface area contributed by atoms with E-state index >= 15 is 0 Å². The smallest absolute Gasteiger partial charge is 0.223 e.